The molecule has 0 spiro atoms. The Morgan fingerprint density at radius 3 is 2.88 bits per heavy atom. The van der Waals surface area contributed by atoms with E-state index in [1.807, 2.05) is 7.05 Å². The SMILES string of the molecule is CNCc1cncc(OC2CCN(C)CC2)n1. The van der Waals surface area contributed by atoms with E-state index < -0.39 is 0 Å². The number of likely N-dealkylation sites (tertiary alicyclic amines) is 1. The first-order valence-electron chi connectivity index (χ1n) is 6.08. The lowest BCUT2D eigenvalue weighted by molar-refractivity contribution is 0.109. The fourth-order valence-electron chi connectivity index (χ4n) is 1.98. The standard InChI is InChI=1S/C12H20N4O/c1-13-7-10-8-14-9-12(15-10)17-11-3-5-16(2)6-4-11/h8-9,11,13H,3-7H2,1-2H3. The summed E-state index contributed by atoms with van der Waals surface area (Å²) in [6.45, 7) is 2.90. The zero-order chi connectivity index (χ0) is 12.1. The van der Waals surface area contributed by atoms with Gasteiger partial charge in [-0.3, -0.25) is 4.98 Å². The summed E-state index contributed by atoms with van der Waals surface area (Å²) in [5.41, 5.74) is 0.915. The molecule has 0 aromatic carbocycles. The molecule has 1 aromatic rings. The van der Waals surface area contributed by atoms with Gasteiger partial charge in [-0.1, -0.05) is 0 Å². The number of nitrogens with one attached hydrogen (secondary N) is 1. The normalized spacial score (nSPS) is 18.2. The Labute approximate surface area is 102 Å². The van der Waals surface area contributed by atoms with Crippen molar-refractivity contribution in [3.8, 4) is 5.88 Å². The summed E-state index contributed by atoms with van der Waals surface area (Å²) in [6.07, 6.45) is 5.86. The quantitative estimate of drug-likeness (QED) is 0.832. The van der Waals surface area contributed by atoms with Crippen LogP contribution >= 0.6 is 0 Å². The second-order valence-corrected chi connectivity index (χ2v) is 4.50. The van der Waals surface area contributed by atoms with Crippen molar-refractivity contribution >= 4 is 0 Å². The molecule has 1 aliphatic rings. The highest BCUT2D eigenvalue weighted by molar-refractivity contribution is 5.08. The van der Waals surface area contributed by atoms with Gasteiger partial charge in [0.25, 0.3) is 0 Å². The summed E-state index contributed by atoms with van der Waals surface area (Å²) in [5, 5.41) is 3.06. The van der Waals surface area contributed by atoms with Crippen molar-refractivity contribution in [2.45, 2.75) is 25.5 Å². The van der Waals surface area contributed by atoms with Gasteiger partial charge < -0.3 is 15.0 Å². The van der Waals surface area contributed by atoms with Gasteiger partial charge in [0, 0.05) is 25.8 Å². The Kier molecular flexibility index (Phi) is 4.28. The second kappa shape index (κ2) is 5.93. The third kappa shape index (κ3) is 3.64. The third-order valence-electron chi connectivity index (χ3n) is 2.97. The van der Waals surface area contributed by atoms with Crippen molar-refractivity contribution in [3.05, 3.63) is 18.1 Å². The van der Waals surface area contributed by atoms with E-state index in [1.54, 1.807) is 12.4 Å². The van der Waals surface area contributed by atoms with Crippen LogP contribution in [-0.4, -0.2) is 48.2 Å². The topological polar surface area (TPSA) is 50.3 Å². The van der Waals surface area contributed by atoms with E-state index in [1.165, 1.54) is 0 Å². The molecule has 0 saturated carbocycles. The van der Waals surface area contributed by atoms with Gasteiger partial charge in [-0.05, 0) is 26.9 Å². The van der Waals surface area contributed by atoms with E-state index in [2.05, 4.69) is 27.2 Å². The summed E-state index contributed by atoms with van der Waals surface area (Å²) in [6, 6.07) is 0. The fraction of sp³-hybridized carbons (Fsp3) is 0.667. The maximum Gasteiger partial charge on any atom is 0.232 e. The van der Waals surface area contributed by atoms with E-state index >= 15 is 0 Å². The van der Waals surface area contributed by atoms with Gasteiger partial charge in [-0.2, -0.15) is 0 Å². The van der Waals surface area contributed by atoms with Crippen molar-refractivity contribution in [2.24, 2.45) is 0 Å². The van der Waals surface area contributed by atoms with Crippen molar-refractivity contribution in [2.75, 3.05) is 27.2 Å². The predicted molar refractivity (Wildman–Crippen MR) is 65.9 cm³/mol. The van der Waals surface area contributed by atoms with E-state index in [-0.39, 0.29) is 6.10 Å². The lowest BCUT2D eigenvalue weighted by atomic mass is 10.1. The van der Waals surface area contributed by atoms with Gasteiger partial charge in [-0.25, -0.2) is 4.98 Å². The van der Waals surface area contributed by atoms with Crippen molar-refractivity contribution in [1.82, 2.24) is 20.2 Å². The smallest absolute Gasteiger partial charge is 0.232 e. The molecule has 0 unspecified atom stereocenters. The maximum absolute atomic E-state index is 5.86. The third-order valence-corrected chi connectivity index (χ3v) is 2.97. The Morgan fingerprint density at radius 1 is 1.41 bits per heavy atom. The number of hydrogen-bond donors (Lipinski definition) is 1. The second-order valence-electron chi connectivity index (χ2n) is 4.50. The molecule has 5 heteroatoms. The minimum Gasteiger partial charge on any atom is -0.473 e. The number of rotatable bonds is 4. The van der Waals surface area contributed by atoms with Crippen molar-refractivity contribution in [3.63, 3.8) is 0 Å². The average Bonchev–Trinajstić information content (AvgIpc) is 2.33. The molecule has 1 saturated heterocycles. The maximum atomic E-state index is 5.86. The highest BCUT2D eigenvalue weighted by Crippen LogP contribution is 2.15. The first kappa shape index (κ1) is 12.3. The fourth-order valence-corrected chi connectivity index (χ4v) is 1.98. The highest BCUT2D eigenvalue weighted by atomic mass is 16.5. The van der Waals surface area contributed by atoms with E-state index in [4.69, 9.17) is 4.74 Å². The largest absolute Gasteiger partial charge is 0.473 e. The zero-order valence-electron chi connectivity index (χ0n) is 10.5. The van der Waals surface area contributed by atoms with Gasteiger partial charge >= 0.3 is 0 Å². The van der Waals surface area contributed by atoms with Crippen LogP contribution in [0.3, 0.4) is 0 Å². The highest BCUT2D eigenvalue weighted by Gasteiger charge is 2.18. The van der Waals surface area contributed by atoms with Gasteiger partial charge in [0.2, 0.25) is 5.88 Å². The summed E-state index contributed by atoms with van der Waals surface area (Å²) in [7, 11) is 4.04. The molecule has 1 N–H and O–H groups in total. The summed E-state index contributed by atoms with van der Waals surface area (Å²) in [5.74, 6) is 0.646. The molecule has 17 heavy (non-hydrogen) atoms. The minimum atomic E-state index is 0.283. The number of aromatic nitrogens is 2. The van der Waals surface area contributed by atoms with Crippen LogP contribution in [0.2, 0.25) is 0 Å². The van der Waals surface area contributed by atoms with Crippen LogP contribution in [0, 0.1) is 0 Å². The zero-order valence-corrected chi connectivity index (χ0v) is 10.5. The molecule has 0 aliphatic carbocycles. The van der Waals surface area contributed by atoms with Crippen LogP contribution < -0.4 is 10.1 Å². The molecule has 5 nitrogen and oxygen atoms in total. The molecular formula is C12H20N4O. The molecule has 1 fully saturated rings. The average molecular weight is 236 g/mol. The minimum absolute atomic E-state index is 0.283. The molecular weight excluding hydrogens is 216 g/mol. The number of ether oxygens (including phenoxy) is 1. The van der Waals surface area contributed by atoms with Gasteiger partial charge in [0.05, 0.1) is 11.9 Å². The number of piperidine rings is 1. The Hall–Kier alpha value is -1.20. The van der Waals surface area contributed by atoms with Crippen molar-refractivity contribution < 1.29 is 4.74 Å². The first-order chi connectivity index (χ1) is 8.28. The molecule has 2 heterocycles. The Balaban J connectivity index is 1.91. The van der Waals surface area contributed by atoms with Crippen LogP contribution in [0.15, 0.2) is 12.4 Å². The monoisotopic (exact) mass is 236 g/mol. The van der Waals surface area contributed by atoms with Gasteiger partial charge in [0.15, 0.2) is 0 Å². The van der Waals surface area contributed by atoms with Crippen LogP contribution in [0.1, 0.15) is 18.5 Å². The van der Waals surface area contributed by atoms with Crippen LogP contribution in [0.25, 0.3) is 0 Å². The van der Waals surface area contributed by atoms with Gasteiger partial charge in [-0.15, -0.1) is 0 Å². The number of nitrogens with zero attached hydrogens (tertiary/aromatic N) is 3. The molecule has 1 aliphatic heterocycles. The van der Waals surface area contributed by atoms with E-state index in [0.29, 0.717) is 5.88 Å². The van der Waals surface area contributed by atoms with Crippen LogP contribution in [0.5, 0.6) is 5.88 Å². The first-order valence-corrected chi connectivity index (χ1v) is 6.08. The molecule has 2 rings (SSSR count). The number of hydrogen-bond acceptors (Lipinski definition) is 5. The Bertz CT molecular complexity index is 350. The molecule has 1 aromatic heterocycles. The van der Waals surface area contributed by atoms with E-state index in [9.17, 15) is 0 Å². The van der Waals surface area contributed by atoms with Crippen LogP contribution in [0.4, 0.5) is 0 Å². The summed E-state index contributed by atoms with van der Waals surface area (Å²) in [4.78, 5) is 10.9. The lowest BCUT2D eigenvalue weighted by Gasteiger charge is -2.28. The summed E-state index contributed by atoms with van der Waals surface area (Å²) < 4.78 is 5.86. The van der Waals surface area contributed by atoms with Crippen molar-refractivity contribution in [1.29, 1.82) is 0 Å². The predicted octanol–water partition coefficient (Wildman–Crippen LogP) is 0.669. The van der Waals surface area contributed by atoms with Gasteiger partial charge in [0.1, 0.15) is 6.10 Å². The molecule has 0 bridgehead atoms. The molecule has 0 atom stereocenters. The molecule has 0 radical (unpaired) electrons. The Morgan fingerprint density at radius 2 is 2.18 bits per heavy atom. The lowest BCUT2D eigenvalue weighted by Crippen LogP contribution is -2.35. The summed E-state index contributed by atoms with van der Waals surface area (Å²) >= 11 is 0. The molecule has 0 amide bonds. The van der Waals surface area contributed by atoms with E-state index in [0.717, 1.165) is 38.2 Å². The van der Waals surface area contributed by atoms with Crippen LogP contribution in [-0.2, 0) is 6.54 Å². The molecule has 94 valence electrons.